The van der Waals surface area contributed by atoms with Crippen molar-refractivity contribution < 1.29 is 18.3 Å². The van der Waals surface area contributed by atoms with Gasteiger partial charge in [0.2, 0.25) is 0 Å². The average molecular weight is 346 g/mol. The van der Waals surface area contributed by atoms with Gasteiger partial charge in [-0.3, -0.25) is 4.79 Å². The maximum absolute atomic E-state index is 13.6. The highest BCUT2D eigenvalue weighted by atomic mass is 32.1. The number of carbonyl (C=O) groups excluding carboxylic acids is 1. The molecule has 1 N–H and O–H groups in total. The molecule has 0 saturated heterocycles. The number of anilines is 1. The molecule has 1 aromatic heterocycles. The molecule has 0 atom stereocenters. The lowest BCUT2D eigenvalue weighted by Crippen LogP contribution is -2.13. The Morgan fingerprint density at radius 3 is 2.88 bits per heavy atom. The van der Waals surface area contributed by atoms with Gasteiger partial charge in [0.1, 0.15) is 24.0 Å². The summed E-state index contributed by atoms with van der Waals surface area (Å²) >= 11 is 1.47. The molecule has 2 aromatic carbocycles. The molecule has 0 spiro atoms. The molecule has 3 rings (SSSR count). The topological polar surface area (TPSA) is 51.2 Å². The van der Waals surface area contributed by atoms with E-state index in [1.807, 2.05) is 5.38 Å². The second kappa shape index (κ2) is 7.18. The van der Waals surface area contributed by atoms with Crippen LogP contribution in [0.5, 0.6) is 5.75 Å². The van der Waals surface area contributed by atoms with Crippen molar-refractivity contribution >= 4 is 22.9 Å². The summed E-state index contributed by atoms with van der Waals surface area (Å²) in [5.74, 6) is -1.42. The van der Waals surface area contributed by atoms with Gasteiger partial charge in [-0.25, -0.2) is 13.8 Å². The van der Waals surface area contributed by atoms with Gasteiger partial charge >= 0.3 is 0 Å². The second-order valence-corrected chi connectivity index (χ2v) is 5.59. The van der Waals surface area contributed by atoms with E-state index in [2.05, 4.69) is 10.3 Å². The number of halogens is 2. The fraction of sp³-hybridized carbons (Fsp3) is 0.0588. The lowest BCUT2D eigenvalue weighted by molar-refractivity contribution is 0.102. The van der Waals surface area contributed by atoms with Gasteiger partial charge in [-0.2, -0.15) is 0 Å². The van der Waals surface area contributed by atoms with E-state index in [0.29, 0.717) is 5.75 Å². The average Bonchev–Trinajstić information content (AvgIpc) is 3.10. The molecule has 0 radical (unpaired) electrons. The Hall–Kier alpha value is -2.80. The molecule has 24 heavy (non-hydrogen) atoms. The summed E-state index contributed by atoms with van der Waals surface area (Å²) < 4.78 is 32.3. The van der Waals surface area contributed by atoms with E-state index in [-0.39, 0.29) is 17.9 Å². The summed E-state index contributed by atoms with van der Waals surface area (Å²) in [6, 6.07) is 9.30. The van der Waals surface area contributed by atoms with Crippen LogP contribution in [-0.2, 0) is 6.61 Å². The molecule has 0 saturated carbocycles. The first-order chi connectivity index (χ1) is 11.6. The molecule has 0 fully saturated rings. The Labute approximate surface area is 140 Å². The second-order valence-electron chi connectivity index (χ2n) is 4.87. The summed E-state index contributed by atoms with van der Waals surface area (Å²) in [4.78, 5) is 16.3. The zero-order chi connectivity index (χ0) is 16.9. The Balaban J connectivity index is 1.70. The van der Waals surface area contributed by atoms with E-state index < -0.39 is 17.5 Å². The highest BCUT2D eigenvalue weighted by molar-refractivity contribution is 7.07. The molecule has 0 bridgehead atoms. The van der Waals surface area contributed by atoms with Crippen molar-refractivity contribution in [2.75, 3.05) is 5.32 Å². The van der Waals surface area contributed by atoms with Gasteiger partial charge in [0.05, 0.1) is 16.9 Å². The first-order valence-electron chi connectivity index (χ1n) is 6.98. The van der Waals surface area contributed by atoms with Crippen molar-refractivity contribution in [3.8, 4) is 5.75 Å². The first-order valence-corrected chi connectivity index (χ1v) is 7.92. The van der Waals surface area contributed by atoms with Crippen LogP contribution in [0.2, 0.25) is 0 Å². The third kappa shape index (κ3) is 3.94. The van der Waals surface area contributed by atoms with E-state index in [9.17, 15) is 13.6 Å². The Morgan fingerprint density at radius 1 is 1.21 bits per heavy atom. The fourth-order valence-electron chi connectivity index (χ4n) is 1.98. The van der Waals surface area contributed by atoms with Crippen LogP contribution in [0, 0.1) is 11.6 Å². The van der Waals surface area contributed by atoms with Crippen LogP contribution >= 0.6 is 11.3 Å². The highest BCUT2D eigenvalue weighted by Gasteiger charge is 2.11. The number of nitrogens with one attached hydrogen (secondary N) is 1. The van der Waals surface area contributed by atoms with E-state index in [0.717, 1.165) is 23.9 Å². The summed E-state index contributed by atoms with van der Waals surface area (Å²) in [5, 5.41) is 4.21. The van der Waals surface area contributed by atoms with Gasteiger partial charge in [0, 0.05) is 17.0 Å². The molecule has 0 aliphatic heterocycles. The minimum absolute atomic E-state index is 0.214. The molecule has 1 heterocycles. The number of rotatable bonds is 5. The van der Waals surface area contributed by atoms with Crippen LogP contribution in [0.15, 0.2) is 53.4 Å². The van der Waals surface area contributed by atoms with Crippen molar-refractivity contribution in [2.45, 2.75) is 6.61 Å². The normalized spacial score (nSPS) is 10.4. The Bertz CT molecular complexity index is 854. The van der Waals surface area contributed by atoms with Crippen molar-refractivity contribution in [3.05, 3.63) is 76.2 Å². The number of nitrogens with zero attached hydrogens (tertiary/aromatic N) is 1. The van der Waals surface area contributed by atoms with Gasteiger partial charge in [-0.15, -0.1) is 11.3 Å². The van der Waals surface area contributed by atoms with Crippen molar-refractivity contribution in [1.29, 1.82) is 0 Å². The molecule has 122 valence electrons. The van der Waals surface area contributed by atoms with Crippen LogP contribution < -0.4 is 10.1 Å². The summed E-state index contributed by atoms with van der Waals surface area (Å²) in [6.07, 6.45) is 0. The molecule has 1 amide bonds. The lowest BCUT2D eigenvalue weighted by atomic mass is 10.2. The summed E-state index contributed by atoms with van der Waals surface area (Å²) in [7, 11) is 0. The van der Waals surface area contributed by atoms with Gasteiger partial charge in [-0.1, -0.05) is 6.07 Å². The summed E-state index contributed by atoms with van der Waals surface area (Å²) in [5.41, 5.74) is 2.55. The summed E-state index contributed by atoms with van der Waals surface area (Å²) in [6.45, 7) is 0.285. The van der Waals surface area contributed by atoms with Crippen LogP contribution in [0.1, 0.15) is 16.1 Å². The number of aromatic nitrogens is 1. The van der Waals surface area contributed by atoms with E-state index in [1.165, 1.54) is 17.4 Å². The number of benzene rings is 2. The number of carbonyl (C=O) groups is 1. The van der Waals surface area contributed by atoms with E-state index in [1.54, 1.807) is 23.7 Å². The molecule has 7 heteroatoms. The van der Waals surface area contributed by atoms with Crippen LogP contribution in [-0.4, -0.2) is 10.9 Å². The van der Waals surface area contributed by atoms with Crippen molar-refractivity contribution in [1.82, 2.24) is 4.98 Å². The maximum atomic E-state index is 13.6. The van der Waals surface area contributed by atoms with Gasteiger partial charge in [-0.05, 0) is 30.3 Å². The molecule has 3 aromatic rings. The van der Waals surface area contributed by atoms with Crippen molar-refractivity contribution in [2.24, 2.45) is 0 Å². The minimum Gasteiger partial charge on any atom is -0.487 e. The standard InChI is InChI=1S/C17H12F2N2O2S/c18-12-4-5-15(19)16(7-12)21-17(22)11-2-1-3-14(6-11)23-8-13-9-24-10-20-13/h1-7,9-10H,8H2,(H,21,22). The monoisotopic (exact) mass is 346 g/mol. The quantitative estimate of drug-likeness (QED) is 0.751. The third-order valence-electron chi connectivity index (χ3n) is 3.14. The smallest absolute Gasteiger partial charge is 0.255 e. The van der Waals surface area contributed by atoms with Crippen LogP contribution in [0.25, 0.3) is 0 Å². The SMILES string of the molecule is O=C(Nc1cc(F)ccc1F)c1cccc(OCc2cscn2)c1. The van der Waals surface area contributed by atoms with Gasteiger partial charge in [0.25, 0.3) is 5.91 Å². The van der Waals surface area contributed by atoms with E-state index >= 15 is 0 Å². The van der Waals surface area contributed by atoms with Crippen molar-refractivity contribution in [3.63, 3.8) is 0 Å². The molecule has 4 nitrogen and oxygen atoms in total. The molecule has 0 aliphatic carbocycles. The largest absolute Gasteiger partial charge is 0.487 e. The zero-order valence-electron chi connectivity index (χ0n) is 12.3. The number of hydrogen-bond acceptors (Lipinski definition) is 4. The van der Waals surface area contributed by atoms with Gasteiger partial charge < -0.3 is 10.1 Å². The molecular formula is C17H12F2N2O2S. The Kier molecular flexibility index (Phi) is 4.81. The highest BCUT2D eigenvalue weighted by Crippen LogP contribution is 2.19. The molecule has 0 unspecified atom stereocenters. The first kappa shape index (κ1) is 16.1. The van der Waals surface area contributed by atoms with Crippen LogP contribution in [0.4, 0.5) is 14.5 Å². The maximum Gasteiger partial charge on any atom is 0.255 e. The number of hydrogen-bond donors (Lipinski definition) is 1. The predicted octanol–water partition coefficient (Wildman–Crippen LogP) is 4.25. The number of ether oxygens (including phenoxy) is 1. The number of thiazole rings is 1. The number of amides is 1. The minimum atomic E-state index is -0.708. The van der Waals surface area contributed by atoms with Crippen LogP contribution in [0.3, 0.4) is 0 Å². The Morgan fingerprint density at radius 2 is 2.08 bits per heavy atom. The fourth-order valence-corrected chi connectivity index (χ4v) is 2.52. The van der Waals surface area contributed by atoms with E-state index in [4.69, 9.17) is 4.74 Å². The third-order valence-corrected chi connectivity index (χ3v) is 3.78. The predicted molar refractivity (Wildman–Crippen MR) is 87.2 cm³/mol. The lowest BCUT2D eigenvalue weighted by Gasteiger charge is -2.09. The zero-order valence-corrected chi connectivity index (χ0v) is 13.1. The van der Waals surface area contributed by atoms with Gasteiger partial charge in [0.15, 0.2) is 0 Å². The molecular weight excluding hydrogens is 334 g/mol. The molecule has 0 aliphatic rings.